The third-order valence-corrected chi connectivity index (χ3v) is 4.14. The van der Waals surface area contributed by atoms with Crippen LogP contribution < -0.4 is 4.18 Å². The second-order valence-electron chi connectivity index (χ2n) is 4.50. The SMILES string of the molecule is CCC(C)(C(=O)O)c1ccc(OS(=O)(=O)C(F)(F)F)cc1. The lowest BCUT2D eigenvalue weighted by Gasteiger charge is -2.23. The number of halogens is 3. The van der Waals surface area contributed by atoms with E-state index in [1.54, 1.807) is 6.92 Å². The molecular weight excluding hydrogens is 313 g/mol. The maximum atomic E-state index is 12.2. The Morgan fingerprint density at radius 3 is 2.05 bits per heavy atom. The molecule has 0 saturated carbocycles. The number of aliphatic carboxylic acids is 1. The van der Waals surface area contributed by atoms with E-state index in [-0.39, 0.29) is 6.42 Å². The van der Waals surface area contributed by atoms with E-state index in [9.17, 15) is 31.5 Å². The molecule has 1 aromatic carbocycles. The Kier molecular flexibility index (Phi) is 4.57. The van der Waals surface area contributed by atoms with Crippen molar-refractivity contribution in [1.82, 2.24) is 0 Å². The number of alkyl halides is 3. The van der Waals surface area contributed by atoms with Crippen LogP contribution in [0.1, 0.15) is 25.8 Å². The highest BCUT2D eigenvalue weighted by molar-refractivity contribution is 7.87. The molecule has 0 heterocycles. The average molecular weight is 326 g/mol. The molecule has 0 spiro atoms. The maximum Gasteiger partial charge on any atom is 0.534 e. The van der Waals surface area contributed by atoms with Gasteiger partial charge in [-0.2, -0.15) is 21.6 Å². The van der Waals surface area contributed by atoms with Gasteiger partial charge in [-0.3, -0.25) is 4.79 Å². The van der Waals surface area contributed by atoms with Crippen molar-refractivity contribution < 1.29 is 35.7 Å². The third-order valence-electron chi connectivity index (χ3n) is 3.16. The van der Waals surface area contributed by atoms with E-state index in [2.05, 4.69) is 4.18 Å². The highest BCUT2D eigenvalue weighted by atomic mass is 32.2. The first-order valence-electron chi connectivity index (χ1n) is 5.78. The Hall–Kier alpha value is -1.77. The van der Waals surface area contributed by atoms with Crippen molar-refractivity contribution in [2.45, 2.75) is 31.2 Å². The molecule has 9 heteroatoms. The van der Waals surface area contributed by atoms with Crippen LogP contribution in [-0.4, -0.2) is 25.0 Å². The van der Waals surface area contributed by atoms with Gasteiger partial charge in [0.15, 0.2) is 0 Å². The van der Waals surface area contributed by atoms with Gasteiger partial charge in [-0.05, 0) is 31.0 Å². The maximum absolute atomic E-state index is 12.2. The van der Waals surface area contributed by atoms with Gasteiger partial charge in [0.25, 0.3) is 0 Å². The molecule has 1 rings (SSSR count). The first-order valence-corrected chi connectivity index (χ1v) is 7.19. The summed E-state index contributed by atoms with van der Waals surface area (Å²) in [6.07, 6.45) is 0.253. The van der Waals surface area contributed by atoms with Gasteiger partial charge in [0.05, 0.1) is 5.41 Å². The van der Waals surface area contributed by atoms with Crippen LogP contribution in [0.4, 0.5) is 13.2 Å². The lowest BCUT2D eigenvalue weighted by Crippen LogP contribution is -2.31. The van der Waals surface area contributed by atoms with Crippen molar-refractivity contribution in [3.05, 3.63) is 29.8 Å². The number of hydrogen-bond acceptors (Lipinski definition) is 4. The molecule has 1 unspecified atom stereocenters. The van der Waals surface area contributed by atoms with Gasteiger partial charge in [0.1, 0.15) is 5.75 Å². The van der Waals surface area contributed by atoms with Gasteiger partial charge >= 0.3 is 21.6 Å². The van der Waals surface area contributed by atoms with Crippen LogP contribution in [0.15, 0.2) is 24.3 Å². The van der Waals surface area contributed by atoms with E-state index >= 15 is 0 Å². The van der Waals surface area contributed by atoms with Gasteiger partial charge in [0, 0.05) is 0 Å². The quantitative estimate of drug-likeness (QED) is 0.664. The zero-order valence-electron chi connectivity index (χ0n) is 11.1. The summed E-state index contributed by atoms with van der Waals surface area (Å²) in [6.45, 7) is 3.10. The number of carboxylic acids is 1. The molecule has 0 aliphatic heterocycles. The predicted molar refractivity (Wildman–Crippen MR) is 67.3 cm³/mol. The standard InChI is InChI=1S/C12H13F3O5S/c1-3-11(2,10(16)17)8-4-6-9(7-5-8)20-21(18,19)12(13,14)15/h4-7H,3H2,1-2H3,(H,16,17). The van der Waals surface area contributed by atoms with E-state index in [1.807, 2.05) is 0 Å². The summed E-state index contributed by atoms with van der Waals surface area (Å²) in [6, 6.07) is 4.41. The molecule has 1 aromatic rings. The van der Waals surface area contributed by atoms with Crippen LogP contribution >= 0.6 is 0 Å². The number of hydrogen-bond donors (Lipinski definition) is 1. The summed E-state index contributed by atoms with van der Waals surface area (Å²) in [5.74, 6) is -1.64. The summed E-state index contributed by atoms with van der Waals surface area (Å²) in [5.41, 5.74) is -6.42. The minimum absolute atomic E-state index is 0.253. The first kappa shape index (κ1) is 17.3. The van der Waals surface area contributed by atoms with Gasteiger partial charge < -0.3 is 9.29 Å². The zero-order chi connectivity index (χ0) is 16.5. The lowest BCUT2D eigenvalue weighted by molar-refractivity contribution is -0.143. The van der Waals surface area contributed by atoms with Crippen molar-refractivity contribution in [2.75, 3.05) is 0 Å². The number of benzene rings is 1. The molecule has 5 nitrogen and oxygen atoms in total. The van der Waals surface area contributed by atoms with Crippen molar-refractivity contribution >= 4 is 16.1 Å². The van der Waals surface area contributed by atoms with Crippen molar-refractivity contribution in [2.24, 2.45) is 0 Å². The number of carbonyl (C=O) groups is 1. The highest BCUT2D eigenvalue weighted by Crippen LogP contribution is 2.31. The molecule has 0 aliphatic rings. The van der Waals surface area contributed by atoms with Crippen LogP contribution in [0, 0.1) is 0 Å². The van der Waals surface area contributed by atoms with Crippen LogP contribution in [0.5, 0.6) is 5.75 Å². The summed E-state index contributed by atoms with van der Waals surface area (Å²) in [4.78, 5) is 11.2. The second-order valence-corrected chi connectivity index (χ2v) is 6.04. The monoisotopic (exact) mass is 326 g/mol. The Balaban J connectivity index is 3.07. The molecule has 0 saturated heterocycles. The van der Waals surface area contributed by atoms with Crippen LogP contribution in [0.25, 0.3) is 0 Å². The van der Waals surface area contributed by atoms with Gasteiger partial charge in [0.2, 0.25) is 0 Å². The van der Waals surface area contributed by atoms with Gasteiger partial charge in [-0.1, -0.05) is 19.1 Å². The van der Waals surface area contributed by atoms with Crippen LogP contribution in [0.2, 0.25) is 0 Å². The predicted octanol–water partition coefficient (Wildman–Crippen LogP) is 2.67. The van der Waals surface area contributed by atoms with Crippen LogP contribution in [-0.2, 0) is 20.3 Å². The number of rotatable bonds is 5. The molecule has 0 amide bonds. The van der Waals surface area contributed by atoms with E-state index in [1.165, 1.54) is 19.1 Å². The second kappa shape index (κ2) is 5.55. The molecule has 1 atom stereocenters. The highest BCUT2D eigenvalue weighted by Gasteiger charge is 2.48. The smallest absolute Gasteiger partial charge is 0.481 e. The first-order chi connectivity index (χ1) is 9.44. The Morgan fingerprint density at radius 1 is 1.24 bits per heavy atom. The molecule has 0 aliphatic carbocycles. The van der Waals surface area contributed by atoms with Gasteiger partial charge in [-0.25, -0.2) is 0 Å². The van der Waals surface area contributed by atoms with Crippen molar-refractivity contribution in [3.8, 4) is 5.75 Å². The van der Waals surface area contributed by atoms with Crippen LogP contribution in [0.3, 0.4) is 0 Å². The van der Waals surface area contributed by atoms with E-state index < -0.39 is 32.8 Å². The minimum atomic E-state index is -5.74. The van der Waals surface area contributed by atoms with Crippen molar-refractivity contribution in [1.29, 1.82) is 0 Å². The van der Waals surface area contributed by atoms with Gasteiger partial charge in [-0.15, -0.1) is 0 Å². The molecule has 0 fully saturated rings. The molecule has 0 aromatic heterocycles. The number of carboxylic acid groups (broad SMARTS) is 1. The average Bonchev–Trinajstić information content (AvgIpc) is 2.36. The fraction of sp³-hybridized carbons (Fsp3) is 0.417. The fourth-order valence-electron chi connectivity index (χ4n) is 1.53. The third kappa shape index (κ3) is 3.46. The summed E-state index contributed by atoms with van der Waals surface area (Å²) >= 11 is 0. The summed E-state index contributed by atoms with van der Waals surface area (Å²) in [7, 11) is -5.74. The summed E-state index contributed by atoms with van der Waals surface area (Å²) < 4.78 is 62.1. The Morgan fingerprint density at radius 2 is 1.71 bits per heavy atom. The summed E-state index contributed by atoms with van der Waals surface area (Å²) in [5, 5.41) is 9.17. The normalized spacial score (nSPS) is 15.3. The largest absolute Gasteiger partial charge is 0.534 e. The molecule has 1 N–H and O–H groups in total. The molecule has 118 valence electrons. The van der Waals surface area contributed by atoms with E-state index in [0.29, 0.717) is 5.56 Å². The molecular formula is C12H13F3O5S. The Bertz CT molecular complexity index is 621. The fourth-order valence-corrected chi connectivity index (χ4v) is 1.99. The Labute approximate surface area is 119 Å². The molecule has 0 bridgehead atoms. The zero-order valence-corrected chi connectivity index (χ0v) is 12.0. The molecule has 0 radical (unpaired) electrons. The topological polar surface area (TPSA) is 80.7 Å². The molecule has 21 heavy (non-hydrogen) atoms. The minimum Gasteiger partial charge on any atom is -0.481 e. The lowest BCUT2D eigenvalue weighted by atomic mass is 9.80. The van der Waals surface area contributed by atoms with E-state index in [0.717, 1.165) is 12.1 Å². The van der Waals surface area contributed by atoms with Crippen molar-refractivity contribution in [3.63, 3.8) is 0 Å². The van der Waals surface area contributed by atoms with E-state index in [4.69, 9.17) is 0 Å².